The number of rotatable bonds is 4. The average Bonchev–Trinajstić information content (AvgIpc) is 2.85. The average molecular weight is 411 g/mol. The van der Waals surface area contributed by atoms with E-state index in [9.17, 15) is 4.79 Å². The van der Waals surface area contributed by atoms with Crippen LogP contribution >= 0.6 is 0 Å². The number of nitrogens with one attached hydrogen (secondary N) is 1. The zero-order chi connectivity index (χ0) is 21.0. The molecule has 1 fully saturated rings. The minimum atomic E-state index is -0.232. The van der Waals surface area contributed by atoms with Crippen molar-refractivity contribution >= 4 is 28.4 Å². The van der Waals surface area contributed by atoms with Crippen LogP contribution in [-0.4, -0.2) is 47.2 Å². The predicted molar refractivity (Wildman–Crippen MR) is 120 cm³/mol. The van der Waals surface area contributed by atoms with Crippen LogP contribution in [0.2, 0.25) is 0 Å². The first-order valence-corrected chi connectivity index (χ1v) is 10.2. The summed E-state index contributed by atoms with van der Waals surface area (Å²) < 4.78 is 5.42. The molecule has 1 aliphatic heterocycles. The fourth-order valence-corrected chi connectivity index (χ4v) is 3.56. The minimum absolute atomic E-state index is 0.232. The molecule has 0 atom stereocenters. The van der Waals surface area contributed by atoms with Gasteiger partial charge in [0.2, 0.25) is 0 Å². The number of hydrogen-bond acceptors (Lipinski definition) is 6. The molecule has 4 aromatic rings. The number of morpholine rings is 1. The van der Waals surface area contributed by atoms with Crippen molar-refractivity contribution in [2.24, 2.45) is 0 Å². The molecule has 1 saturated heterocycles. The first-order valence-electron chi connectivity index (χ1n) is 10.2. The smallest absolute Gasteiger partial charge is 0.274 e. The van der Waals surface area contributed by atoms with E-state index in [0.717, 1.165) is 46.8 Å². The van der Waals surface area contributed by atoms with Crippen molar-refractivity contribution in [1.29, 1.82) is 0 Å². The highest BCUT2D eigenvalue weighted by atomic mass is 16.5. The number of carbonyl (C=O) groups is 1. The fraction of sp³-hybridized carbons (Fsp3) is 0.167. The number of hydrogen-bond donors (Lipinski definition) is 1. The van der Waals surface area contributed by atoms with E-state index >= 15 is 0 Å². The van der Waals surface area contributed by atoms with Gasteiger partial charge >= 0.3 is 0 Å². The summed E-state index contributed by atoms with van der Waals surface area (Å²) in [5.74, 6) is 0.644. The quantitative estimate of drug-likeness (QED) is 0.551. The third-order valence-corrected chi connectivity index (χ3v) is 5.24. The summed E-state index contributed by atoms with van der Waals surface area (Å²) in [7, 11) is 0. The van der Waals surface area contributed by atoms with Crippen molar-refractivity contribution in [3.8, 4) is 11.1 Å². The Balaban J connectivity index is 1.36. The summed E-state index contributed by atoms with van der Waals surface area (Å²) in [6.45, 7) is 3.07. The number of anilines is 2. The van der Waals surface area contributed by atoms with Crippen molar-refractivity contribution in [2.45, 2.75) is 0 Å². The summed E-state index contributed by atoms with van der Waals surface area (Å²) in [6.07, 6.45) is 3.43. The van der Waals surface area contributed by atoms with Crippen LogP contribution in [0.25, 0.3) is 22.2 Å². The third kappa shape index (κ3) is 4.22. The summed E-state index contributed by atoms with van der Waals surface area (Å²) in [6, 6.07) is 19.1. The molecule has 5 rings (SSSR count). The molecule has 2 aromatic heterocycles. The highest BCUT2D eigenvalue weighted by Gasteiger charge is 2.14. The molecule has 154 valence electrons. The van der Waals surface area contributed by atoms with Crippen molar-refractivity contribution in [3.63, 3.8) is 0 Å². The van der Waals surface area contributed by atoms with Crippen LogP contribution in [0.1, 0.15) is 10.5 Å². The molecule has 0 unspecified atom stereocenters. The predicted octanol–water partition coefficient (Wildman–Crippen LogP) is 3.78. The SMILES string of the molecule is O=C(Nc1ccc(-c2ccc3ncc(N4CCOCC4)nc3c2)cc1)c1ccccn1. The van der Waals surface area contributed by atoms with Crippen LogP contribution in [0.4, 0.5) is 11.5 Å². The molecule has 31 heavy (non-hydrogen) atoms. The van der Waals surface area contributed by atoms with Gasteiger partial charge in [0.15, 0.2) is 0 Å². The number of fused-ring (bicyclic) bond motifs is 1. The van der Waals surface area contributed by atoms with Crippen molar-refractivity contribution < 1.29 is 9.53 Å². The molecule has 2 aromatic carbocycles. The Bertz CT molecular complexity index is 1210. The van der Waals surface area contributed by atoms with Gasteiger partial charge in [0.25, 0.3) is 5.91 Å². The number of nitrogens with zero attached hydrogens (tertiary/aromatic N) is 4. The Morgan fingerprint density at radius 3 is 2.48 bits per heavy atom. The Kier molecular flexibility index (Phi) is 5.24. The number of benzene rings is 2. The van der Waals surface area contributed by atoms with E-state index in [2.05, 4.69) is 20.2 Å². The summed E-state index contributed by atoms with van der Waals surface area (Å²) in [5, 5.41) is 2.87. The van der Waals surface area contributed by atoms with Gasteiger partial charge in [0.05, 0.1) is 30.4 Å². The molecule has 7 nitrogen and oxygen atoms in total. The lowest BCUT2D eigenvalue weighted by Crippen LogP contribution is -2.36. The first kappa shape index (κ1) is 19.1. The van der Waals surface area contributed by atoms with Crippen LogP contribution < -0.4 is 10.2 Å². The van der Waals surface area contributed by atoms with Crippen LogP contribution in [0, 0.1) is 0 Å². The van der Waals surface area contributed by atoms with Gasteiger partial charge in [0, 0.05) is 25.0 Å². The molecule has 0 aliphatic carbocycles. The normalized spacial score (nSPS) is 13.9. The van der Waals surface area contributed by atoms with Gasteiger partial charge < -0.3 is 15.0 Å². The topological polar surface area (TPSA) is 80.2 Å². The lowest BCUT2D eigenvalue weighted by atomic mass is 10.0. The Morgan fingerprint density at radius 1 is 0.903 bits per heavy atom. The molecule has 1 N–H and O–H groups in total. The fourth-order valence-electron chi connectivity index (χ4n) is 3.56. The minimum Gasteiger partial charge on any atom is -0.378 e. The second kappa shape index (κ2) is 8.49. The van der Waals surface area contributed by atoms with Crippen LogP contribution in [-0.2, 0) is 4.74 Å². The van der Waals surface area contributed by atoms with Crippen LogP contribution in [0.15, 0.2) is 73.1 Å². The molecule has 0 saturated carbocycles. The first-order chi connectivity index (χ1) is 15.3. The number of aromatic nitrogens is 3. The molecule has 3 heterocycles. The molecule has 7 heteroatoms. The van der Waals surface area contributed by atoms with E-state index in [1.54, 1.807) is 24.4 Å². The Labute approximate surface area is 179 Å². The Hall–Kier alpha value is -3.84. The van der Waals surface area contributed by atoms with Crippen molar-refractivity contribution in [1.82, 2.24) is 15.0 Å². The van der Waals surface area contributed by atoms with E-state index < -0.39 is 0 Å². The largest absolute Gasteiger partial charge is 0.378 e. The number of carbonyl (C=O) groups excluding carboxylic acids is 1. The Morgan fingerprint density at radius 2 is 1.71 bits per heavy atom. The molecular weight excluding hydrogens is 390 g/mol. The van der Waals surface area contributed by atoms with Crippen LogP contribution in [0.5, 0.6) is 0 Å². The molecule has 0 spiro atoms. The van der Waals surface area contributed by atoms with Crippen LogP contribution in [0.3, 0.4) is 0 Å². The van der Waals surface area contributed by atoms with Gasteiger partial charge in [-0.05, 0) is 47.5 Å². The maximum Gasteiger partial charge on any atom is 0.274 e. The van der Waals surface area contributed by atoms with Gasteiger partial charge in [0.1, 0.15) is 11.5 Å². The summed E-state index contributed by atoms with van der Waals surface area (Å²) in [5.41, 5.74) is 4.90. The number of amides is 1. The van der Waals surface area contributed by atoms with Gasteiger partial charge in [-0.15, -0.1) is 0 Å². The molecule has 1 amide bonds. The zero-order valence-corrected chi connectivity index (χ0v) is 16.9. The molecule has 0 radical (unpaired) electrons. The van der Waals surface area contributed by atoms with Crippen molar-refractivity contribution in [3.05, 3.63) is 78.8 Å². The zero-order valence-electron chi connectivity index (χ0n) is 16.9. The van der Waals surface area contributed by atoms with Gasteiger partial charge in [-0.3, -0.25) is 14.8 Å². The standard InChI is InChI=1S/C24H21N5O2/c30-24(21-3-1-2-10-25-21)27-19-7-4-17(5-8-19)18-6-9-20-22(15-18)28-23(16-26-20)29-11-13-31-14-12-29/h1-10,15-16H,11-14H2,(H,27,30). The maximum absolute atomic E-state index is 12.3. The number of ether oxygens (including phenoxy) is 1. The van der Waals surface area contributed by atoms with E-state index in [-0.39, 0.29) is 5.91 Å². The monoisotopic (exact) mass is 411 g/mol. The maximum atomic E-state index is 12.3. The lowest BCUT2D eigenvalue weighted by Gasteiger charge is -2.27. The lowest BCUT2D eigenvalue weighted by molar-refractivity contribution is 0.102. The number of pyridine rings is 1. The van der Waals surface area contributed by atoms with E-state index in [1.807, 2.05) is 48.7 Å². The summed E-state index contributed by atoms with van der Waals surface area (Å²) in [4.78, 5) is 27.9. The second-order valence-corrected chi connectivity index (χ2v) is 7.28. The van der Waals surface area contributed by atoms with E-state index in [0.29, 0.717) is 18.9 Å². The highest BCUT2D eigenvalue weighted by Crippen LogP contribution is 2.25. The second-order valence-electron chi connectivity index (χ2n) is 7.28. The molecular formula is C24H21N5O2. The van der Waals surface area contributed by atoms with E-state index in [4.69, 9.17) is 9.72 Å². The van der Waals surface area contributed by atoms with E-state index in [1.165, 1.54) is 0 Å². The molecule has 1 aliphatic rings. The van der Waals surface area contributed by atoms with Gasteiger partial charge in [-0.25, -0.2) is 4.98 Å². The van der Waals surface area contributed by atoms with Gasteiger partial charge in [-0.2, -0.15) is 0 Å². The van der Waals surface area contributed by atoms with Crippen molar-refractivity contribution in [2.75, 3.05) is 36.5 Å². The third-order valence-electron chi connectivity index (χ3n) is 5.24. The molecule has 0 bridgehead atoms. The highest BCUT2D eigenvalue weighted by molar-refractivity contribution is 6.02. The summed E-state index contributed by atoms with van der Waals surface area (Å²) >= 11 is 0. The van der Waals surface area contributed by atoms with Gasteiger partial charge in [-0.1, -0.05) is 24.3 Å².